The van der Waals surface area contributed by atoms with Gasteiger partial charge in [-0.05, 0) is 35.9 Å². The molecular formula is C9H7ClN2S. The summed E-state index contributed by atoms with van der Waals surface area (Å²) in [5, 5.41) is 14.4. The highest BCUT2D eigenvalue weighted by Crippen LogP contribution is 2.34. The van der Waals surface area contributed by atoms with Crippen LogP contribution in [0.15, 0.2) is 17.0 Å². The average molecular weight is 211 g/mol. The third-order valence-electron chi connectivity index (χ3n) is 2.02. The summed E-state index contributed by atoms with van der Waals surface area (Å²) >= 11 is 7.09. The lowest BCUT2D eigenvalue weighted by Gasteiger charge is -2.03. The predicted octanol–water partition coefficient (Wildman–Crippen LogP) is 2.88. The summed E-state index contributed by atoms with van der Waals surface area (Å²) in [6, 6.07) is 3.88. The van der Waals surface area contributed by atoms with Gasteiger partial charge in [0.15, 0.2) is 0 Å². The van der Waals surface area contributed by atoms with E-state index >= 15 is 0 Å². The van der Waals surface area contributed by atoms with Gasteiger partial charge in [-0.3, -0.25) is 0 Å². The lowest BCUT2D eigenvalue weighted by atomic mass is 10.2. The molecule has 1 aliphatic rings. The average Bonchev–Trinajstić information content (AvgIpc) is 2.52. The highest BCUT2D eigenvalue weighted by Gasteiger charge is 2.13. The number of hydrogen-bond donors (Lipinski definition) is 1. The Morgan fingerprint density at radius 3 is 3.15 bits per heavy atom. The molecule has 4 heteroatoms. The molecule has 0 amide bonds. The summed E-state index contributed by atoms with van der Waals surface area (Å²) in [7, 11) is 0. The first-order valence-corrected chi connectivity index (χ1v) is 5.13. The molecular weight excluding hydrogens is 204 g/mol. The zero-order valence-electron chi connectivity index (χ0n) is 6.80. The van der Waals surface area contributed by atoms with Crippen LogP contribution >= 0.6 is 23.4 Å². The fourth-order valence-corrected chi connectivity index (χ4v) is 2.16. The molecule has 1 N–H and O–H groups in total. The van der Waals surface area contributed by atoms with Gasteiger partial charge in [0.05, 0.1) is 5.02 Å². The molecule has 0 aromatic heterocycles. The van der Waals surface area contributed by atoms with E-state index in [9.17, 15) is 0 Å². The van der Waals surface area contributed by atoms with E-state index in [0.717, 1.165) is 35.3 Å². The van der Waals surface area contributed by atoms with Crippen LogP contribution in [0.5, 0.6) is 0 Å². The lowest BCUT2D eigenvalue weighted by molar-refractivity contribution is 1.10. The number of hydrogen-bond acceptors (Lipinski definition) is 3. The zero-order chi connectivity index (χ0) is 9.26. The molecule has 2 nitrogen and oxygen atoms in total. The number of halogens is 1. The monoisotopic (exact) mass is 210 g/mol. The molecule has 0 fully saturated rings. The Morgan fingerprint density at radius 2 is 2.38 bits per heavy atom. The maximum Gasteiger partial charge on any atom is 0.138 e. The summed E-state index contributed by atoms with van der Waals surface area (Å²) in [5.74, 6) is 0. The van der Waals surface area contributed by atoms with E-state index in [4.69, 9.17) is 16.9 Å². The van der Waals surface area contributed by atoms with Gasteiger partial charge in [0.25, 0.3) is 0 Å². The second-order valence-corrected chi connectivity index (χ2v) is 4.04. The van der Waals surface area contributed by atoms with Crippen LogP contribution in [0.2, 0.25) is 5.02 Å². The Hall–Kier alpha value is -0.850. The molecule has 1 aromatic rings. The summed E-state index contributed by atoms with van der Waals surface area (Å²) < 4.78 is 0. The highest BCUT2D eigenvalue weighted by molar-refractivity contribution is 8.03. The largest absolute Gasteiger partial charge is 0.384 e. The quantitative estimate of drug-likeness (QED) is 0.572. The second-order valence-electron chi connectivity index (χ2n) is 2.81. The Morgan fingerprint density at radius 1 is 1.54 bits per heavy atom. The number of anilines is 1. The van der Waals surface area contributed by atoms with E-state index in [1.807, 2.05) is 17.5 Å². The van der Waals surface area contributed by atoms with Gasteiger partial charge in [-0.1, -0.05) is 11.6 Å². The van der Waals surface area contributed by atoms with Crippen molar-refractivity contribution in [3.8, 4) is 5.40 Å². The zero-order valence-corrected chi connectivity index (χ0v) is 8.37. The van der Waals surface area contributed by atoms with E-state index in [1.54, 1.807) is 0 Å². The third kappa shape index (κ3) is 1.60. The number of benzene rings is 1. The number of thiocyanates is 1. The SMILES string of the molecule is N#CSc1cc2c(cc1Cl)NCC2. The van der Waals surface area contributed by atoms with Crippen molar-refractivity contribution in [3.05, 3.63) is 22.7 Å². The lowest BCUT2D eigenvalue weighted by Crippen LogP contribution is -1.90. The Labute approximate surface area is 85.9 Å². The molecule has 1 aromatic carbocycles. The molecule has 13 heavy (non-hydrogen) atoms. The van der Waals surface area contributed by atoms with E-state index in [1.165, 1.54) is 5.56 Å². The minimum Gasteiger partial charge on any atom is -0.384 e. The van der Waals surface area contributed by atoms with Crippen molar-refractivity contribution in [1.82, 2.24) is 0 Å². The summed E-state index contributed by atoms with van der Waals surface area (Å²) in [5.41, 5.74) is 2.36. The number of nitrogens with one attached hydrogen (secondary N) is 1. The molecule has 0 radical (unpaired) electrons. The van der Waals surface area contributed by atoms with E-state index in [-0.39, 0.29) is 0 Å². The topological polar surface area (TPSA) is 35.8 Å². The van der Waals surface area contributed by atoms with Gasteiger partial charge in [-0.15, -0.1) is 0 Å². The van der Waals surface area contributed by atoms with E-state index < -0.39 is 0 Å². The van der Waals surface area contributed by atoms with Gasteiger partial charge in [0.1, 0.15) is 5.40 Å². The minimum absolute atomic E-state index is 0.653. The van der Waals surface area contributed by atoms with Crippen molar-refractivity contribution in [2.24, 2.45) is 0 Å². The highest BCUT2D eigenvalue weighted by atomic mass is 35.5. The van der Waals surface area contributed by atoms with E-state index in [0.29, 0.717) is 5.02 Å². The van der Waals surface area contributed by atoms with Crippen molar-refractivity contribution in [2.45, 2.75) is 11.3 Å². The van der Waals surface area contributed by atoms with Crippen LogP contribution in [0.25, 0.3) is 0 Å². The second kappa shape index (κ2) is 3.49. The van der Waals surface area contributed by atoms with Crippen molar-refractivity contribution in [3.63, 3.8) is 0 Å². The fraction of sp³-hybridized carbons (Fsp3) is 0.222. The number of nitriles is 1. The molecule has 66 valence electrons. The van der Waals surface area contributed by atoms with E-state index in [2.05, 4.69) is 5.32 Å². The molecule has 2 rings (SSSR count). The van der Waals surface area contributed by atoms with Gasteiger partial charge in [0, 0.05) is 17.1 Å². The van der Waals surface area contributed by atoms with Crippen molar-refractivity contribution < 1.29 is 0 Å². The number of rotatable bonds is 1. The van der Waals surface area contributed by atoms with Gasteiger partial charge in [-0.2, -0.15) is 5.26 Å². The summed E-state index contributed by atoms with van der Waals surface area (Å²) in [6.45, 7) is 0.965. The molecule has 0 aliphatic carbocycles. The standard InChI is InChI=1S/C9H7ClN2S/c10-7-4-8-6(1-2-12-8)3-9(7)13-5-11/h3-4,12H,1-2H2. The number of thioether (sulfide) groups is 1. The van der Waals surface area contributed by atoms with Crippen LogP contribution in [0.1, 0.15) is 5.56 Å². The smallest absolute Gasteiger partial charge is 0.138 e. The first-order chi connectivity index (χ1) is 6.31. The predicted molar refractivity (Wildman–Crippen MR) is 55.1 cm³/mol. The molecule has 0 saturated carbocycles. The molecule has 0 spiro atoms. The van der Waals surface area contributed by atoms with Gasteiger partial charge < -0.3 is 5.32 Å². The summed E-state index contributed by atoms with van der Waals surface area (Å²) in [6.07, 6.45) is 1.02. The Kier molecular flexibility index (Phi) is 2.34. The fourth-order valence-electron chi connectivity index (χ4n) is 1.43. The molecule has 0 unspecified atom stereocenters. The maximum atomic E-state index is 8.53. The first kappa shape index (κ1) is 8.74. The normalized spacial score (nSPS) is 13.2. The first-order valence-electron chi connectivity index (χ1n) is 3.93. The van der Waals surface area contributed by atoms with Crippen molar-refractivity contribution >= 4 is 29.1 Å². The van der Waals surface area contributed by atoms with Gasteiger partial charge in [-0.25, -0.2) is 0 Å². The number of nitrogens with zero attached hydrogens (tertiary/aromatic N) is 1. The minimum atomic E-state index is 0.653. The van der Waals surface area contributed by atoms with Gasteiger partial charge in [0.2, 0.25) is 0 Å². The number of fused-ring (bicyclic) bond motifs is 1. The van der Waals surface area contributed by atoms with Crippen LogP contribution in [0, 0.1) is 10.7 Å². The van der Waals surface area contributed by atoms with Crippen LogP contribution in [-0.4, -0.2) is 6.54 Å². The molecule has 0 bridgehead atoms. The van der Waals surface area contributed by atoms with Crippen molar-refractivity contribution in [1.29, 1.82) is 5.26 Å². The summed E-state index contributed by atoms with van der Waals surface area (Å²) in [4.78, 5) is 0.853. The van der Waals surface area contributed by atoms with Crippen LogP contribution in [0.4, 0.5) is 5.69 Å². The van der Waals surface area contributed by atoms with Crippen LogP contribution < -0.4 is 5.32 Å². The molecule has 1 heterocycles. The maximum absolute atomic E-state index is 8.53. The molecule has 0 atom stereocenters. The van der Waals surface area contributed by atoms with Crippen LogP contribution in [0.3, 0.4) is 0 Å². The van der Waals surface area contributed by atoms with Crippen molar-refractivity contribution in [2.75, 3.05) is 11.9 Å². The molecule has 1 aliphatic heterocycles. The van der Waals surface area contributed by atoms with Crippen LogP contribution in [-0.2, 0) is 6.42 Å². The van der Waals surface area contributed by atoms with Gasteiger partial charge >= 0.3 is 0 Å². The molecule has 0 saturated heterocycles. The Balaban J connectivity index is 2.44. The Bertz CT molecular complexity index is 384. The third-order valence-corrected chi connectivity index (χ3v) is 3.10.